The largest absolute Gasteiger partial charge is 0.338 e. The molecule has 0 radical (unpaired) electrons. The molecule has 1 aromatic heterocycles. The van der Waals surface area contributed by atoms with Crippen molar-refractivity contribution in [2.45, 2.75) is 19.4 Å². The second-order valence-electron chi connectivity index (χ2n) is 7.81. The van der Waals surface area contributed by atoms with Gasteiger partial charge < -0.3 is 20.4 Å². The van der Waals surface area contributed by atoms with Gasteiger partial charge in [-0.25, -0.2) is 14.8 Å². The summed E-state index contributed by atoms with van der Waals surface area (Å²) >= 11 is 0. The zero-order valence-electron chi connectivity index (χ0n) is 17.7. The van der Waals surface area contributed by atoms with Crippen LogP contribution in [0.1, 0.15) is 18.4 Å². The predicted molar refractivity (Wildman–Crippen MR) is 119 cm³/mol. The summed E-state index contributed by atoms with van der Waals surface area (Å²) in [6.07, 6.45) is 5.04. The summed E-state index contributed by atoms with van der Waals surface area (Å²) in [6.45, 7) is 6.20. The molecule has 2 N–H and O–H groups in total. The average molecular weight is 424 g/mol. The van der Waals surface area contributed by atoms with Crippen molar-refractivity contribution in [1.82, 2.24) is 25.5 Å². The monoisotopic (exact) mass is 423 g/mol. The minimum absolute atomic E-state index is 0.167. The third-order valence-electron chi connectivity index (χ3n) is 5.67. The first-order valence-corrected chi connectivity index (χ1v) is 10.8. The number of nitrogens with zero attached hydrogens (tertiary/aromatic N) is 5. The van der Waals surface area contributed by atoms with Gasteiger partial charge in [0.25, 0.3) is 0 Å². The molecular formula is C22H29N7O2. The lowest BCUT2D eigenvalue weighted by atomic mass is 10.2. The van der Waals surface area contributed by atoms with Crippen LogP contribution in [0, 0.1) is 0 Å². The average Bonchev–Trinajstić information content (AvgIpc) is 3.25. The standard InChI is InChI=1S/C22H29N7O2/c30-20-6-2-10-29(20)19-5-1-4-18(16-19)17-26-22(31)25-9-11-27-12-14-28(15-13-27)21-23-7-3-8-24-21/h1,3-5,7-8,16H,2,6,9-15,17H2,(H2,25,26,31). The Kier molecular flexibility index (Phi) is 6.93. The molecule has 31 heavy (non-hydrogen) atoms. The van der Waals surface area contributed by atoms with Crippen LogP contribution < -0.4 is 20.4 Å². The molecule has 2 aromatic rings. The van der Waals surface area contributed by atoms with E-state index in [0.717, 1.165) is 62.9 Å². The SMILES string of the molecule is O=C(NCCN1CCN(c2ncccn2)CC1)NCc1cccc(N2CCCC2=O)c1. The van der Waals surface area contributed by atoms with Crippen molar-refractivity contribution in [2.75, 3.05) is 55.6 Å². The molecule has 9 nitrogen and oxygen atoms in total. The second-order valence-corrected chi connectivity index (χ2v) is 7.81. The topological polar surface area (TPSA) is 93.7 Å². The molecule has 2 aliphatic heterocycles. The van der Waals surface area contributed by atoms with Gasteiger partial charge in [-0.1, -0.05) is 12.1 Å². The normalized spacial score (nSPS) is 17.1. The maximum Gasteiger partial charge on any atom is 0.315 e. The van der Waals surface area contributed by atoms with Crippen LogP contribution in [0.4, 0.5) is 16.4 Å². The molecule has 0 aliphatic carbocycles. The summed E-state index contributed by atoms with van der Waals surface area (Å²) in [5.74, 6) is 0.942. The van der Waals surface area contributed by atoms with Gasteiger partial charge in [0.15, 0.2) is 0 Å². The van der Waals surface area contributed by atoms with Gasteiger partial charge in [0.1, 0.15) is 0 Å². The molecule has 9 heteroatoms. The number of carbonyl (C=O) groups excluding carboxylic acids is 2. The van der Waals surface area contributed by atoms with Crippen molar-refractivity contribution in [1.29, 1.82) is 0 Å². The summed E-state index contributed by atoms with van der Waals surface area (Å²) < 4.78 is 0. The Morgan fingerprint density at radius 2 is 1.81 bits per heavy atom. The summed E-state index contributed by atoms with van der Waals surface area (Å²) in [4.78, 5) is 39.0. The number of carbonyl (C=O) groups is 2. The fourth-order valence-electron chi connectivity index (χ4n) is 3.95. The number of piperazine rings is 1. The molecule has 3 amide bonds. The number of anilines is 2. The molecule has 3 heterocycles. The number of rotatable bonds is 7. The molecule has 0 spiro atoms. The first kappa shape index (κ1) is 21.0. The van der Waals surface area contributed by atoms with Gasteiger partial charge in [-0.2, -0.15) is 0 Å². The second kappa shape index (κ2) is 10.2. The van der Waals surface area contributed by atoms with Crippen LogP contribution in [0.5, 0.6) is 0 Å². The first-order valence-electron chi connectivity index (χ1n) is 10.8. The maximum atomic E-state index is 12.2. The van der Waals surface area contributed by atoms with E-state index in [-0.39, 0.29) is 11.9 Å². The van der Waals surface area contributed by atoms with Gasteiger partial charge in [-0.3, -0.25) is 9.69 Å². The van der Waals surface area contributed by atoms with Gasteiger partial charge >= 0.3 is 6.03 Å². The van der Waals surface area contributed by atoms with Crippen LogP contribution in [0.25, 0.3) is 0 Å². The molecule has 4 rings (SSSR count). The fourth-order valence-corrected chi connectivity index (χ4v) is 3.95. The van der Waals surface area contributed by atoms with Crippen molar-refractivity contribution < 1.29 is 9.59 Å². The van der Waals surface area contributed by atoms with E-state index < -0.39 is 0 Å². The Morgan fingerprint density at radius 3 is 2.55 bits per heavy atom. The van der Waals surface area contributed by atoms with Crippen molar-refractivity contribution in [3.05, 3.63) is 48.3 Å². The van der Waals surface area contributed by atoms with Crippen molar-refractivity contribution >= 4 is 23.6 Å². The molecule has 164 valence electrons. The van der Waals surface area contributed by atoms with E-state index in [0.29, 0.717) is 19.5 Å². The van der Waals surface area contributed by atoms with Crippen LogP contribution in [-0.4, -0.2) is 72.6 Å². The smallest absolute Gasteiger partial charge is 0.315 e. The fraction of sp³-hybridized carbons (Fsp3) is 0.455. The van der Waals surface area contributed by atoms with E-state index in [2.05, 4.69) is 30.4 Å². The maximum absolute atomic E-state index is 12.2. The summed E-state index contributed by atoms with van der Waals surface area (Å²) in [6, 6.07) is 9.44. The molecule has 1 aromatic carbocycles. The minimum atomic E-state index is -0.182. The summed E-state index contributed by atoms with van der Waals surface area (Å²) in [5, 5.41) is 5.82. The van der Waals surface area contributed by atoms with Gasteiger partial charge in [-0.15, -0.1) is 0 Å². The molecular weight excluding hydrogens is 394 g/mol. The van der Waals surface area contributed by atoms with Crippen molar-refractivity contribution in [2.24, 2.45) is 0 Å². The third-order valence-corrected chi connectivity index (χ3v) is 5.67. The third kappa shape index (κ3) is 5.69. The van der Waals surface area contributed by atoms with Gasteiger partial charge in [0, 0.05) is 76.9 Å². The zero-order valence-corrected chi connectivity index (χ0v) is 17.7. The Labute approximate surface area is 182 Å². The molecule has 0 unspecified atom stereocenters. The lowest BCUT2D eigenvalue weighted by Crippen LogP contribution is -2.49. The Balaban J connectivity index is 1.14. The van der Waals surface area contributed by atoms with E-state index in [1.54, 1.807) is 12.4 Å². The number of amides is 3. The van der Waals surface area contributed by atoms with Gasteiger partial charge in [-0.05, 0) is 30.2 Å². The number of urea groups is 1. The van der Waals surface area contributed by atoms with Crippen molar-refractivity contribution in [3.63, 3.8) is 0 Å². The Bertz CT molecular complexity index is 884. The minimum Gasteiger partial charge on any atom is -0.338 e. The highest BCUT2D eigenvalue weighted by Crippen LogP contribution is 2.22. The highest BCUT2D eigenvalue weighted by Gasteiger charge is 2.22. The molecule has 0 saturated carbocycles. The van der Waals surface area contributed by atoms with Gasteiger partial charge in [0.05, 0.1) is 0 Å². The van der Waals surface area contributed by atoms with E-state index in [9.17, 15) is 9.59 Å². The van der Waals surface area contributed by atoms with Crippen LogP contribution in [0.3, 0.4) is 0 Å². The Morgan fingerprint density at radius 1 is 1.00 bits per heavy atom. The van der Waals surface area contributed by atoms with Crippen LogP contribution in [-0.2, 0) is 11.3 Å². The quantitative estimate of drug-likeness (QED) is 0.696. The predicted octanol–water partition coefficient (Wildman–Crippen LogP) is 1.22. The summed E-state index contributed by atoms with van der Waals surface area (Å²) in [5.41, 5.74) is 1.88. The number of aromatic nitrogens is 2. The molecule has 2 aliphatic rings. The lowest BCUT2D eigenvalue weighted by molar-refractivity contribution is -0.117. The summed E-state index contributed by atoms with van der Waals surface area (Å²) in [7, 11) is 0. The number of benzene rings is 1. The Hall–Kier alpha value is -3.20. The number of nitrogens with one attached hydrogen (secondary N) is 2. The van der Waals surface area contributed by atoms with Crippen molar-refractivity contribution in [3.8, 4) is 0 Å². The lowest BCUT2D eigenvalue weighted by Gasteiger charge is -2.34. The number of hydrogen-bond acceptors (Lipinski definition) is 6. The van der Waals surface area contributed by atoms with E-state index >= 15 is 0 Å². The van der Waals surface area contributed by atoms with E-state index in [4.69, 9.17) is 0 Å². The molecule has 0 atom stereocenters. The van der Waals surface area contributed by atoms with Crippen LogP contribution in [0.15, 0.2) is 42.7 Å². The van der Waals surface area contributed by atoms with Gasteiger partial charge in [0.2, 0.25) is 11.9 Å². The van der Waals surface area contributed by atoms with Crippen LogP contribution in [0.2, 0.25) is 0 Å². The van der Waals surface area contributed by atoms with E-state index in [1.807, 2.05) is 35.2 Å². The first-order chi connectivity index (χ1) is 15.2. The zero-order chi connectivity index (χ0) is 21.5. The number of hydrogen-bond donors (Lipinski definition) is 2. The van der Waals surface area contributed by atoms with E-state index in [1.165, 1.54) is 0 Å². The molecule has 2 fully saturated rings. The van der Waals surface area contributed by atoms with Crippen LogP contribution >= 0.6 is 0 Å². The highest BCUT2D eigenvalue weighted by atomic mass is 16.2. The highest BCUT2D eigenvalue weighted by molar-refractivity contribution is 5.95. The molecule has 0 bridgehead atoms. The molecule has 2 saturated heterocycles.